The highest BCUT2D eigenvalue weighted by molar-refractivity contribution is 5.87. The van der Waals surface area contributed by atoms with Gasteiger partial charge in [0, 0.05) is 7.11 Å². The molecule has 1 aromatic heterocycles. The standard InChI is InChI=1S/C8H9FN2O3/c1-13-3-5-6(9)7(8(12)14-2)11-4-10-5/h4H,3H2,1-2H3. The van der Waals surface area contributed by atoms with E-state index < -0.39 is 11.8 Å². The highest BCUT2D eigenvalue weighted by Gasteiger charge is 2.17. The van der Waals surface area contributed by atoms with Gasteiger partial charge in [0.05, 0.1) is 13.7 Å². The monoisotopic (exact) mass is 200 g/mol. The molecule has 0 saturated carbocycles. The Morgan fingerprint density at radius 3 is 2.79 bits per heavy atom. The topological polar surface area (TPSA) is 61.3 Å². The number of carbonyl (C=O) groups is 1. The van der Waals surface area contributed by atoms with Gasteiger partial charge in [-0.3, -0.25) is 0 Å². The first-order valence-corrected chi connectivity index (χ1v) is 3.77. The Morgan fingerprint density at radius 1 is 1.50 bits per heavy atom. The number of methoxy groups -OCH3 is 2. The second kappa shape index (κ2) is 4.61. The number of aromatic nitrogens is 2. The van der Waals surface area contributed by atoms with Crippen LogP contribution in [-0.2, 0) is 16.1 Å². The van der Waals surface area contributed by atoms with Crippen LogP contribution < -0.4 is 0 Å². The molecule has 0 aliphatic rings. The van der Waals surface area contributed by atoms with E-state index >= 15 is 0 Å². The van der Waals surface area contributed by atoms with E-state index in [1.807, 2.05) is 0 Å². The quantitative estimate of drug-likeness (QED) is 0.667. The van der Waals surface area contributed by atoms with E-state index in [9.17, 15) is 9.18 Å². The van der Waals surface area contributed by atoms with Gasteiger partial charge in [-0.2, -0.15) is 0 Å². The molecular weight excluding hydrogens is 191 g/mol. The predicted octanol–water partition coefficient (Wildman–Crippen LogP) is 0.549. The van der Waals surface area contributed by atoms with Crippen molar-refractivity contribution in [2.45, 2.75) is 6.61 Å². The number of ether oxygens (including phenoxy) is 2. The van der Waals surface area contributed by atoms with Gasteiger partial charge < -0.3 is 9.47 Å². The molecule has 0 N–H and O–H groups in total. The first kappa shape index (κ1) is 10.5. The Kier molecular flexibility index (Phi) is 3.47. The summed E-state index contributed by atoms with van der Waals surface area (Å²) in [5.74, 6) is -1.64. The van der Waals surface area contributed by atoms with Crippen molar-refractivity contribution in [1.29, 1.82) is 0 Å². The maximum absolute atomic E-state index is 13.4. The lowest BCUT2D eigenvalue weighted by atomic mass is 10.3. The molecule has 0 radical (unpaired) electrons. The van der Waals surface area contributed by atoms with Crippen LogP contribution in [0.2, 0.25) is 0 Å². The molecule has 76 valence electrons. The minimum atomic E-state index is -0.831. The third-order valence-corrected chi connectivity index (χ3v) is 1.52. The number of carbonyl (C=O) groups excluding carboxylic acids is 1. The minimum Gasteiger partial charge on any atom is -0.464 e. The molecule has 14 heavy (non-hydrogen) atoms. The molecule has 0 atom stereocenters. The third-order valence-electron chi connectivity index (χ3n) is 1.52. The van der Waals surface area contributed by atoms with Crippen LogP contribution in [-0.4, -0.2) is 30.2 Å². The lowest BCUT2D eigenvalue weighted by Crippen LogP contribution is -2.11. The highest BCUT2D eigenvalue weighted by atomic mass is 19.1. The van der Waals surface area contributed by atoms with Crippen molar-refractivity contribution in [3.8, 4) is 0 Å². The lowest BCUT2D eigenvalue weighted by molar-refractivity contribution is 0.0586. The van der Waals surface area contributed by atoms with Crippen molar-refractivity contribution in [3.05, 3.63) is 23.5 Å². The van der Waals surface area contributed by atoms with Gasteiger partial charge in [0.15, 0.2) is 11.5 Å². The molecule has 1 rings (SSSR count). The summed E-state index contributed by atoms with van der Waals surface area (Å²) in [6, 6.07) is 0. The van der Waals surface area contributed by atoms with Crippen LogP contribution in [0.25, 0.3) is 0 Å². The maximum atomic E-state index is 13.4. The SMILES string of the molecule is COCc1ncnc(C(=O)OC)c1F. The summed E-state index contributed by atoms with van der Waals surface area (Å²) in [7, 11) is 2.55. The molecule has 0 aliphatic carbocycles. The summed E-state index contributed by atoms with van der Waals surface area (Å²) in [4.78, 5) is 18.1. The van der Waals surface area contributed by atoms with E-state index in [2.05, 4.69) is 14.7 Å². The van der Waals surface area contributed by atoms with Crippen molar-refractivity contribution >= 4 is 5.97 Å². The Hall–Kier alpha value is -1.56. The number of hydrogen-bond donors (Lipinski definition) is 0. The van der Waals surface area contributed by atoms with Crippen LogP contribution in [0.5, 0.6) is 0 Å². The Labute approximate surface area is 79.9 Å². The highest BCUT2D eigenvalue weighted by Crippen LogP contribution is 2.09. The Morgan fingerprint density at radius 2 is 2.21 bits per heavy atom. The predicted molar refractivity (Wildman–Crippen MR) is 44.0 cm³/mol. The summed E-state index contributed by atoms with van der Waals surface area (Å²) in [6.45, 7) is -0.0155. The number of nitrogens with zero attached hydrogens (tertiary/aromatic N) is 2. The van der Waals surface area contributed by atoms with Gasteiger partial charge >= 0.3 is 5.97 Å². The van der Waals surface area contributed by atoms with Gasteiger partial charge in [-0.05, 0) is 0 Å². The van der Waals surface area contributed by atoms with Crippen LogP contribution in [0, 0.1) is 5.82 Å². The zero-order valence-electron chi connectivity index (χ0n) is 7.78. The summed E-state index contributed by atoms with van der Waals surface area (Å²) < 4.78 is 22.4. The number of esters is 1. The van der Waals surface area contributed by atoms with E-state index in [1.165, 1.54) is 7.11 Å². The first-order valence-electron chi connectivity index (χ1n) is 3.77. The number of halogens is 1. The summed E-state index contributed by atoms with van der Waals surface area (Å²) in [5.41, 5.74) is -0.350. The van der Waals surface area contributed by atoms with E-state index in [0.29, 0.717) is 0 Å². The lowest BCUT2D eigenvalue weighted by Gasteiger charge is -2.03. The molecule has 0 aliphatic heterocycles. The van der Waals surface area contributed by atoms with Crippen molar-refractivity contribution in [2.24, 2.45) is 0 Å². The average Bonchev–Trinajstić information content (AvgIpc) is 2.20. The zero-order chi connectivity index (χ0) is 10.6. The molecule has 0 spiro atoms. The molecule has 1 heterocycles. The van der Waals surface area contributed by atoms with Gasteiger partial charge in [-0.15, -0.1) is 0 Å². The largest absolute Gasteiger partial charge is 0.464 e. The van der Waals surface area contributed by atoms with Crippen LogP contribution in [0.1, 0.15) is 16.2 Å². The molecule has 6 heteroatoms. The van der Waals surface area contributed by atoms with E-state index in [4.69, 9.17) is 4.74 Å². The average molecular weight is 200 g/mol. The molecule has 0 fully saturated rings. The molecule has 0 aromatic carbocycles. The van der Waals surface area contributed by atoms with Crippen molar-refractivity contribution in [2.75, 3.05) is 14.2 Å². The fraction of sp³-hybridized carbons (Fsp3) is 0.375. The van der Waals surface area contributed by atoms with Crippen molar-refractivity contribution < 1.29 is 18.7 Å². The first-order chi connectivity index (χ1) is 6.70. The van der Waals surface area contributed by atoms with Gasteiger partial charge in [-0.25, -0.2) is 19.2 Å². The van der Waals surface area contributed by atoms with Crippen LogP contribution in [0.4, 0.5) is 4.39 Å². The summed E-state index contributed by atoms with van der Waals surface area (Å²) in [5, 5.41) is 0. The van der Waals surface area contributed by atoms with Crippen LogP contribution in [0.15, 0.2) is 6.33 Å². The third kappa shape index (κ3) is 2.02. The van der Waals surface area contributed by atoms with E-state index in [0.717, 1.165) is 13.4 Å². The Bertz CT molecular complexity index is 343. The van der Waals surface area contributed by atoms with Crippen molar-refractivity contribution in [3.63, 3.8) is 0 Å². The summed E-state index contributed by atoms with van der Waals surface area (Å²) in [6.07, 6.45) is 1.09. The normalized spacial score (nSPS) is 9.93. The van der Waals surface area contributed by atoms with Crippen LogP contribution >= 0.6 is 0 Å². The van der Waals surface area contributed by atoms with Crippen molar-refractivity contribution in [1.82, 2.24) is 9.97 Å². The second-order valence-corrected chi connectivity index (χ2v) is 2.41. The van der Waals surface area contributed by atoms with Gasteiger partial charge in [0.1, 0.15) is 12.0 Å². The van der Waals surface area contributed by atoms with Gasteiger partial charge in [-0.1, -0.05) is 0 Å². The molecular formula is C8H9FN2O3. The minimum absolute atomic E-state index is 0.0155. The van der Waals surface area contributed by atoms with Gasteiger partial charge in [0.25, 0.3) is 0 Å². The molecule has 0 unspecified atom stereocenters. The Balaban J connectivity index is 3.07. The van der Waals surface area contributed by atoms with E-state index in [1.54, 1.807) is 0 Å². The summed E-state index contributed by atoms with van der Waals surface area (Å²) >= 11 is 0. The number of hydrogen-bond acceptors (Lipinski definition) is 5. The fourth-order valence-corrected chi connectivity index (χ4v) is 0.883. The smallest absolute Gasteiger partial charge is 0.359 e. The number of rotatable bonds is 3. The van der Waals surface area contributed by atoms with E-state index in [-0.39, 0.29) is 18.0 Å². The molecule has 0 amide bonds. The molecule has 0 saturated heterocycles. The zero-order valence-corrected chi connectivity index (χ0v) is 7.78. The molecule has 5 nitrogen and oxygen atoms in total. The maximum Gasteiger partial charge on any atom is 0.359 e. The second-order valence-electron chi connectivity index (χ2n) is 2.41. The van der Waals surface area contributed by atoms with Gasteiger partial charge in [0.2, 0.25) is 0 Å². The van der Waals surface area contributed by atoms with Crippen LogP contribution in [0.3, 0.4) is 0 Å². The fourth-order valence-electron chi connectivity index (χ4n) is 0.883. The molecule has 0 bridgehead atoms. The molecule has 1 aromatic rings.